The van der Waals surface area contributed by atoms with E-state index >= 15 is 0 Å². The Labute approximate surface area is 121 Å². The van der Waals surface area contributed by atoms with Crippen LogP contribution in [0.25, 0.3) is 0 Å². The summed E-state index contributed by atoms with van der Waals surface area (Å²) in [5, 5.41) is 3.21. The van der Waals surface area contributed by atoms with Crippen molar-refractivity contribution in [3.63, 3.8) is 0 Å². The molecule has 1 amide bonds. The molecule has 1 aliphatic heterocycles. The van der Waals surface area contributed by atoms with Gasteiger partial charge in [0.15, 0.2) is 0 Å². The number of hydrogen-bond acceptors (Lipinski definition) is 4. The van der Waals surface area contributed by atoms with E-state index in [1.54, 1.807) is 6.20 Å². The minimum absolute atomic E-state index is 0.103. The van der Waals surface area contributed by atoms with E-state index in [9.17, 15) is 4.79 Å². The summed E-state index contributed by atoms with van der Waals surface area (Å²) < 4.78 is 0. The second-order valence-corrected chi connectivity index (χ2v) is 5.59. The molecule has 0 atom stereocenters. The van der Waals surface area contributed by atoms with Crippen LogP contribution in [-0.2, 0) is 0 Å². The summed E-state index contributed by atoms with van der Waals surface area (Å²) in [4.78, 5) is 20.6. The van der Waals surface area contributed by atoms with Crippen molar-refractivity contribution >= 4 is 11.7 Å². The van der Waals surface area contributed by atoms with Crippen LogP contribution in [0.3, 0.4) is 0 Å². The number of amides is 1. The van der Waals surface area contributed by atoms with E-state index in [4.69, 9.17) is 0 Å². The molecule has 1 N–H and O–H groups in total. The molecule has 1 aliphatic rings. The van der Waals surface area contributed by atoms with E-state index in [2.05, 4.69) is 10.3 Å². The molecule has 0 bridgehead atoms. The minimum Gasteiger partial charge on any atom is -0.363 e. The molecule has 2 rings (SSSR count). The molecule has 1 aromatic heterocycles. The molecule has 0 aromatic carbocycles. The summed E-state index contributed by atoms with van der Waals surface area (Å²) in [7, 11) is 5.86. The van der Waals surface area contributed by atoms with Gasteiger partial charge in [0, 0.05) is 33.4 Å². The summed E-state index contributed by atoms with van der Waals surface area (Å²) in [6.07, 6.45) is 3.84. The van der Waals surface area contributed by atoms with Gasteiger partial charge in [-0.05, 0) is 44.5 Å². The monoisotopic (exact) mass is 276 g/mol. The highest BCUT2D eigenvalue weighted by Crippen LogP contribution is 2.18. The van der Waals surface area contributed by atoms with E-state index in [1.165, 1.54) is 0 Å². The van der Waals surface area contributed by atoms with Crippen LogP contribution in [0.5, 0.6) is 0 Å². The Bertz CT molecular complexity index is 436. The SMILES string of the molecule is CNCC1CCN(C(=O)c2ccc(N(C)C)nc2)CC1. The fourth-order valence-corrected chi connectivity index (χ4v) is 2.59. The van der Waals surface area contributed by atoms with E-state index in [0.29, 0.717) is 11.5 Å². The average Bonchev–Trinajstić information content (AvgIpc) is 2.48. The van der Waals surface area contributed by atoms with Crippen molar-refractivity contribution < 1.29 is 4.79 Å². The largest absolute Gasteiger partial charge is 0.363 e. The summed E-state index contributed by atoms with van der Waals surface area (Å²) in [5.74, 6) is 1.67. The molecule has 1 aromatic rings. The summed E-state index contributed by atoms with van der Waals surface area (Å²) >= 11 is 0. The lowest BCUT2D eigenvalue weighted by atomic mass is 9.96. The van der Waals surface area contributed by atoms with Gasteiger partial charge < -0.3 is 15.1 Å². The van der Waals surface area contributed by atoms with Crippen LogP contribution in [0.2, 0.25) is 0 Å². The van der Waals surface area contributed by atoms with Gasteiger partial charge in [-0.1, -0.05) is 0 Å². The first kappa shape index (κ1) is 14.8. The van der Waals surface area contributed by atoms with Crippen LogP contribution in [0.1, 0.15) is 23.2 Å². The Hall–Kier alpha value is -1.62. The number of piperidine rings is 1. The first-order valence-corrected chi connectivity index (χ1v) is 7.19. The Kier molecular flexibility index (Phi) is 4.95. The number of nitrogens with zero attached hydrogens (tertiary/aromatic N) is 3. The van der Waals surface area contributed by atoms with Gasteiger partial charge in [0.2, 0.25) is 0 Å². The maximum atomic E-state index is 12.4. The van der Waals surface area contributed by atoms with Gasteiger partial charge in [-0.15, -0.1) is 0 Å². The quantitative estimate of drug-likeness (QED) is 0.898. The van der Waals surface area contributed by atoms with Crippen molar-refractivity contribution in [1.29, 1.82) is 0 Å². The normalized spacial score (nSPS) is 16.2. The lowest BCUT2D eigenvalue weighted by Crippen LogP contribution is -2.40. The number of pyridine rings is 1. The minimum atomic E-state index is 0.103. The van der Waals surface area contributed by atoms with Gasteiger partial charge in [0.05, 0.1) is 5.56 Å². The van der Waals surface area contributed by atoms with E-state index in [1.807, 2.05) is 43.1 Å². The lowest BCUT2D eigenvalue weighted by molar-refractivity contribution is 0.0690. The average molecular weight is 276 g/mol. The lowest BCUT2D eigenvalue weighted by Gasteiger charge is -2.32. The van der Waals surface area contributed by atoms with Crippen LogP contribution in [0.15, 0.2) is 18.3 Å². The second kappa shape index (κ2) is 6.70. The van der Waals surface area contributed by atoms with Crippen molar-refractivity contribution in [2.75, 3.05) is 45.7 Å². The number of carbonyl (C=O) groups excluding carboxylic acids is 1. The molecule has 0 saturated carbocycles. The first-order chi connectivity index (χ1) is 9.61. The van der Waals surface area contributed by atoms with Crippen molar-refractivity contribution in [3.05, 3.63) is 23.9 Å². The fourth-order valence-electron chi connectivity index (χ4n) is 2.59. The number of anilines is 1. The molecule has 20 heavy (non-hydrogen) atoms. The number of carbonyl (C=O) groups is 1. The summed E-state index contributed by atoms with van der Waals surface area (Å²) in [5.41, 5.74) is 0.683. The van der Waals surface area contributed by atoms with Gasteiger partial charge >= 0.3 is 0 Å². The number of nitrogens with one attached hydrogen (secondary N) is 1. The number of rotatable bonds is 4. The molecule has 0 radical (unpaired) electrons. The van der Waals surface area contributed by atoms with E-state index in [0.717, 1.165) is 38.3 Å². The zero-order valence-corrected chi connectivity index (χ0v) is 12.6. The van der Waals surface area contributed by atoms with E-state index < -0.39 is 0 Å². The van der Waals surface area contributed by atoms with E-state index in [-0.39, 0.29) is 5.91 Å². The Morgan fingerprint density at radius 2 is 2.10 bits per heavy atom. The van der Waals surface area contributed by atoms with Gasteiger partial charge in [0.25, 0.3) is 5.91 Å². The van der Waals surface area contributed by atoms with Gasteiger partial charge in [-0.3, -0.25) is 4.79 Å². The zero-order valence-electron chi connectivity index (χ0n) is 12.6. The topological polar surface area (TPSA) is 48.5 Å². The van der Waals surface area contributed by atoms with Crippen LogP contribution >= 0.6 is 0 Å². The Morgan fingerprint density at radius 1 is 1.40 bits per heavy atom. The van der Waals surface area contributed by atoms with Crippen molar-refractivity contribution in [2.24, 2.45) is 5.92 Å². The molecule has 0 aliphatic carbocycles. The van der Waals surface area contributed by atoms with Gasteiger partial charge in [0.1, 0.15) is 5.82 Å². The molecular formula is C15H24N4O. The predicted octanol–water partition coefficient (Wildman–Crippen LogP) is 1.22. The molecule has 110 valence electrons. The molecule has 1 fully saturated rings. The number of likely N-dealkylation sites (tertiary alicyclic amines) is 1. The summed E-state index contributed by atoms with van der Waals surface area (Å²) in [6.45, 7) is 2.74. The van der Waals surface area contributed by atoms with Crippen LogP contribution in [0, 0.1) is 5.92 Å². The highest BCUT2D eigenvalue weighted by molar-refractivity contribution is 5.94. The molecule has 5 heteroatoms. The van der Waals surface area contributed by atoms with Gasteiger partial charge in [-0.25, -0.2) is 4.98 Å². The van der Waals surface area contributed by atoms with Crippen molar-refractivity contribution in [1.82, 2.24) is 15.2 Å². The molecule has 5 nitrogen and oxygen atoms in total. The molecule has 0 spiro atoms. The Morgan fingerprint density at radius 3 is 2.60 bits per heavy atom. The molecule has 2 heterocycles. The van der Waals surface area contributed by atoms with Crippen LogP contribution in [-0.4, -0.2) is 56.6 Å². The smallest absolute Gasteiger partial charge is 0.255 e. The molecular weight excluding hydrogens is 252 g/mol. The third kappa shape index (κ3) is 3.48. The van der Waals surface area contributed by atoms with Crippen molar-refractivity contribution in [2.45, 2.75) is 12.8 Å². The molecule has 0 unspecified atom stereocenters. The first-order valence-electron chi connectivity index (χ1n) is 7.19. The third-order valence-corrected chi connectivity index (χ3v) is 3.85. The second-order valence-electron chi connectivity index (χ2n) is 5.59. The Balaban J connectivity index is 1.95. The predicted molar refractivity (Wildman–Crippen MR) is 81.1 cm³/mol. The maximum Gasteiger partial charge on any atom is 0.255 e. The zero-order chi connectivity index (χ0) is 14.5. The maximum absolute atomic E-state index is 12.4. The number of aromatic nitrogens is 1. The highest BCUT2D eigenvalue weighted by Gasteiger charge is 2.23. The standard InChI is InChI=1S/C15H24N4O/c1-16-10-12-6-8-19(9-7-12)15(20)13-4-5-14(17-11-13)18(2)3/h4-5,11-12,16H,6-10H2,1-3H3. The number of hydrogen-bond donors (Lipinski definition) is 1. The summed E-state index contributed by atoms with van der Waals surface area (Å²) in [6, 6.07) is 3.76. The van der Waals surface area contributed by atoms with Crippen LogP contribution in [0.4, 0.5) is 5.82 Å². The third-order valence-electron chi connectivity index (χ3n) is 3.85. The fraction of sp³-hybridized carbons (Fsp3) is 0.600. The van der Waals surface area contributed by atoms with Gasteiger partial charge in [-0.2, -0.15) is 0 Å². The van der Waals surface area contributed by atoms with Crippen molar-refractivity contribution in [3.8, 4) is 0 Å². The van der Waals surface area contributed by atoms with Crippen LogP contribution < -0.4 is 10.2 Å². The highest BCUT2D eigenvalue weighted by atomic mass is 16.2. The molecule has 1 saturated heterocycles.